The number of hydrogen-bond acceptors (Lipinski definition) is 2. The van der Waals surface area contributed by atoms with Gasteiger partial charge >= 0.3 is 5.97 Å². The van der Waals surface area contributed by atoms with E-state index < -0.39 is 5.97 Å². The molecule has 0 atom stereocenters. The van der Waals surface area contributed by atoms with Crippen LogP contribution >= 0.6 is 31.9 Å². The van der Waals surface area contributed by atoms with Gasteiger partial charge in [-0.15, -0.1) is 0 Å². The lowest BCUT2D eigenvalue weighted by Crippen LogP contribution is -2.14. The molecule has 104 valence electrons. The third kappa shape index (κ3) is 4.99. The Kier molecular flexibility index (Phi) is 6.58. The first-order valence-corrected chi connectivity index (χ1v) is 7.63. The summed E-state index contributed by atoms with van der Waals surface area (Å²) in [6, 6.07) is 3.67. The Morgan fingerprint density at radius 2 is 1.84 bits per heavy atom. The standard InChI is InChI=1S/C14H16Br2O3/c1-3-10(4-2)19-14-11(15)7-9(8-12(14)16)5-6-13(17)18/h5-8,10H,3-4H2,1-2H3,(H,17,18)/b6-5+. The number of rotatable bonds is 6. The van der Waals surface area contributed by atoms with Crippen molar-refractivity contribution in [1.29, 1.82) is 0 Å². The van der Waals surface area contributed by atoms with Crippen LogP contribution in [0.1, 0.15) is 32.3 Å². The van der Waals surface area contributed by atoms with Crippen molar-refractivity contribution in [3.63, 3.8) is 0 Å². The van der Waals surface area contributed by atoms with Crippen LogP contribution in [0, 0.1) is 0 Å². The molecule has 0 saturated carbocycles. The van der Waals surface area contributed by atoms with Crippen LogP contribution in [0.2, 0.25) is 0 Å². The van der Waals surface area contributed by atoms with E-state index in [9.17, 15) is 4.79 Å². The van der Waals surface area contributed by atoms with Crippen LogP contribution in [0.5, 0.6) is 5.75 Å². The number of carboxylic acid groups (broad SMARTS) is 1. The Bertz CT molecular complexity index is 457. The zero-order valence-electron chi connectivity index (χ0n) is 10.8. The molecule has 0 aliphatic rings. The Hall–Kier alpha value is -0.810. The molecule has 0 amide bonds. The zero-order chi connectivity index (χ0) is 14.4. The quantitative estimate of drug-likeness (QED) is 0.703. The lowest BCUT2D eigenvalue weighted by Gasteiger charge is -2.18. The normalized spacial score (nSPS) is 11.2. The van der Waals surface area contributed by atoms with Gasteiger partial charge in [-0.05, 0) is 68.5 Å². The molecule has 1 aromatic carbocycles. The van der Waals surface area contributed by atoms with Gasteiger partial charge in [-0.1, -0.05) is 13.8 Å². The van der Waals surface area contributed by atoms with E-state index in [1.807, 2.05) is 12.1 Å². The van der Waals surface area contributed by atoms with Gasteiger partial charge in [-0.2, -0.15) is 0 Å². The van der Waals surface area contributed by atoms with E-state index in [0.717, 1.165) is 39.2 Å². The van der Waals surface area contributed by atoms with E-state index in [2.05, 4.69) is 45.7 Å². The Labute approximate surface area is 129 Å². The van der Waals surface area contributed by atoms with Gasteiger partial charge in [0.15, 0.2) is 0 Å². The maximum Gasteiger partial charge on any atom is 0.328 e. The number of carboxylic acids is 1. The number of ether oxygens (including phenoxy) is 1. The van der Waals surface area contributed by atoms with Gasteiger partial charge < -0.3 is 9.84 Å². The number of hydrogen-bond donors (Lipinski definition) is 1. The molecule has 0 aromatic heterocycles. The van der Waals surface area contributed by atoms with Crippen LogP contribution in [0.4, 0.5) is 0 Å². The molecule has 0 radical (unpaired) electrons. The molecule has 1 aromatic rings. The number of benzene rings is 1. The zero-order valence-corrected chi connectivity index (χ0v) is 14.0. The molecule has 0 bridgehead atoms. The summed E-state index contributed by atoms with van der Waals surface area (Å²) in [7, 11) is 0. The summed E-state index contributed by atoms with van der Waals surface area (Å²) < 4.78 is 7.53. The van der Waals surface area contributed by atoms with Gasteiger partial charge in [0.2, 0.25) is 0 Å². The Balaban J connectivity index is 3.00. The molecule has 1 rings (SSSR count). The van der Waals surface area contributed by atoms with E-state index in [1.165, 1.54) is 0 Å². The molecular formula is C14H16Br2O3. The topological polar surface area (TPSA) is 46.5 Å². The molecule has 0 saturated heterocycles. The van der Waals surface area contributed by atoms with Crippen molar-refractivity contribution in [1.82, 2.24) is 0 Å². The van der Waals surface area contributed by atoms with Gasteiger partial charge in [0, 0.05) is 6.08 Å². The monoisotopic (exact) mass is 390 g/mol. The van der Waals surface area contributed by atoms with Gasteiger partial charge in [0.05, 0.1) is 15.0 Å². The van der Waals surface area contributed by atoms with E-state index in [0.29, 0.717) is 0 Å². The molecule has 0 aliphatic carbocycles. The summed E-state index contributed by atoms with van der Waals surface area (Å²) in [6.07, 6.45) is 4.70. The first-order chi connectivity index (χ1) is 8.97. The second kappa shape index (κ2) is 7.70. The highest BCUT2D eigenvalue weighted by molar-refractivity contribution is 9.11. The Morgan fingerprint density at radius 3 is 2.26 bits per heavy atom. The highest BCUT2D eigenvalue weighted by atomic mass is 79.9. The number of aliphatic carboxylic acids is 1. The van der Waals surface area contributed by atoms with Crippen molar-refractivity contribution in [2.75, 3.05) is 0 Å². The van der Waals surface area contributed by atoms with Gasteiger partial charge in [-0.3, -0.25) is 0 Å². The summed E-state index contributed by atoms with van der Waals surface area (Å²) in [5, 5.41) is 8.62. The first kappa shape index (κ1) is 16.2. The third-order valence-corrected chi connectivity index (χ3v) is 3.81. The van der Waals surface area contributed by atoms with Crippen LogP contribution in [-0.4, -0.2) is 17.2 Å². The average molecular weight is 392 g/mol. The fraction of sp³-hybridized carbons (Fsp3) is 0.357. The predicted molar refractivity (Wildman–Crippen MR) is 83.5 cm³/mol. The van der Waals surface area contributed by atoms with E-state index in [-0.39, 0.29) is 6.10 Å². The number of halogens is 2. The first-order valence-electron chi connectivity index (χ1n) is 6.04. The minimum absolute atomic E-state index is 0.174. The fourth-order valence-electron chi connectivity index (χ4n) is 1.58. The summed E-state index contributed by atoms with van der Waals surface area (Å²) in [5.74, 6) is -0.217. The fourth-order valence-corrected chi connectivity index (χ4v) is 2.99. The summed E-state index contributed by atoms with van der Waals surface area (Å²) in [5.41, 5.74) is 0.790. The van der Waals surface area contributed by atoms with Crippen LogP contribution in [0.15, 0.2) is 27.2 Å². The maximum absolute atomic E-state index is 10.5. The molecule has 0 unspecified atom stereocenters. The van der Waals surface area contributed by atoms with E-state index in [1.54, 1.807) is 6.08 Å². The minimum atomic E-state index is -0.968. The molecule has 19 heavy (non-hydrogen) atoms. The third-order valence-electron chi connectivity index (χ3n) is 2.63. The molecular weight excluding hydrogens is 376 g/mol. The Morgan fingerprint density at radius 1 is 1.32 bits per heavy atom. The smallest absolute Gasteiger partial charge is 0.328 e. The van der Waals surface area contributed by atoms with Crippen molar-refractivity contribution in [2.45, 2.75) is 32.8 Å². The highest BCUT2D eigenvalue weighted by Gasteiger charge is 2.12. The lowest BCUT2D eigenvalue weighted by atomic mass is 10.2. The van der Waals surface area contributed by atoms with Crippen molar-refractivity contribution in [3.8, 4) is 5.75 Å². The highest BCUT2D eigenvalue weighted by Crippen LogP contribution is 2.36. The second-order valence-corrected chi connectivity index (χ2v) is 5.75. The van der Waals surface area contributed by atoms with Gasteiger partial charge in [-0.25, -0.2) is 4.79 Å². The molecule has 0 spiro atoms. The molecule has 0 fully saturated rings. The largest absolute Gasteiger partial charge is 0.488 e. The summed E-state index contributed by atoms with van der Waals surface area (Å²) in [4.78, 5) is 10.5. The van der Waals surface area contributed by atoms with Crippen LogP contribution < -0.4 is 4.74 Å². The van der Waals surface area contributed by atoms with Gasteiger partial charge in [0.1, 0.15) is 5.75 Å². The predicted octanol–water partition coefficient (Wildman–Crippen LogP) is 4.88. The number of carbonyl (C=O) groups is 1. The lowest BCUT2D eigenvalue weighted by molar-refractivity contribution is -0.131. The van der Waals surface area contributed by atoms with Crippen molar-refractivity contribution >= 4 is 43.9 Å². The summed E-state index contributed by atoms with van der Waals surface area (Å²) >= 11 is 6.91. The van der Waals surface area contributed by atoms with Crippen molar-refractivity contribution in [2.24, 2.45) is 0 Å². The minimum Gasteiger partial charge on any atom is -0.488 e. The van der Waals surface area contributed by atoms with E-state index >= 15 is 0 Å². The molecule has 5 heteroatoms. The van der Waals surface area contributed by atoms with Crippen LogP contribution in [0.25, 0.3) is 6.08 Å². The molecule has 3 nitrogen and oxygen atoms in total. The average Bonchev–Trinajstić information content (AvgIpc) is 2.36. The molecule has 0 aliphatic heterocycles. The van der Waals surface area contributed by atoms with E-state index in [4.69, 9.17) is 9.84 Å². The molecule has 0 heterocycles. The SMILES string of the molecule is CCC(CC)Oc1c(Br)cc(/C=C/C(=O)O)cc1Br. The molecule has 1 N–H and O–H groups in total. The van der Waals surface area contributed by atoms with Crippen molar-refractivity contribution < 1.29 is 14.6 Å². The van der Waals surface area contributed by atoms with Crippen LogP contribution in [-0.2, 0) is 4.79 Å². The second-order valence-electron chi connectivity index (χ2n) is 4.04. The maximum atomic E-state index is 10.5. The van der Waals surface area contributed by atoms with Crippen molar-refractivity contribution in [3.05, 3.63) is 32.7 Å². The van der Waals surface area contributed by atoms with Crippen LogP contribution in [0.3, 0.4) is 0 Å². The van der Waals surface area contributed by atoms with Gasteiger partial charge in [0.25, 0.3) is 0 Å². The summed E-state index contributed by atoms with van der Waals surface area (Å²) in [6.45, 7) is 4.17.